The summed E-state index contributed by atoms with van der Waals surface area (Å²) in [5.74, 6) is 1.65. The van der Waals surface area contributed by atoms with Crippen molar-refractivity contribution in [3.8, 4) is 11.5 Å². The monoisotopic (exact) mass is 250 g/mol. The molecule has 2 N–H and O–H groups in total. The second-order valence-electron chi connectivity index (χ2n) is 3.36. The standard InChI is InChI=1S/C12H14N2O2S/c1-2-15-9-3-5-10(6-4-9)16-8-11-7-14-12(13)17-11/h3-7H,2,8H2,1H3,(H2,13,14). The van der Waals surface area contributed by atoms with Crippen LogP contribution in [-0.4, -0.2) is 11.6 Å². The number of aromatic nitrogens is 1. The Hall–Kier alpha value is -1.75. The van der Waals surface area contributed by atoms with Crippen molar-refractivity contribution in [2.24, 2.45) is 0 Å². The number of anilines is 1. The van der Waals surface area contributed by atoms with Crippen molar-refractivity contribution in [2.75, 3.05) is 12.3 Å². The van der Waals surface area contributed by atoms with Crippen molar-refractivity contribution in [2.45, 2.75) is 13.5 Å². The molecule has 2 rings (SSSR count). The predicted molar refractivity (Wildman–Crippen MR) is 68.5 cm³/mol. The van der Waals surface area contributed by atoms with Gasteiger partial charge in [-0.25, -0.2) is 4.98 Å². The van der Waals surface area contributed by atoms with Gasteiger partial charge in [0.15, 0.2) is 5.13 Å². The minimum atomic E-state index is 0.489. The van der Waals surface area contributed by atoms with Crippen LogP contribution < -0.4 is 15.2 Å². The third kappa shape index (κ3) is 3.35. The van der Waals surface area contributed by atoms with Crippen molar-refractivity contribution in [1.29, 1.82) is 0 Å². The number of hydrogen-bond acceptors (Lipinski definition) is 5. The summed E-state index contributed by atoms with van der Waals surface area (Å²) in [7, 11) is 0. The molecule has 0 aliphatic rings. The maximum absolute atomic E-state index is 5.60. The molecule has 4 nitrogen and oxygen atoms in total. The van der Waals surface area contributed by atoms with Gasteiger partial charge < -0.3 is 15.2 Å². The van der Waals surface area contributed by atoms with Gasteiger partial charge in [-0.1, -0.05) is 11.3 Å². The Kier molecular flexibility index (Phi) is 3.82. The van der Waals surface area contributed by atoms with Gasteiger partial charge in [0.2, 0.25) is 0 Å². The Bertz CT molecular complexity index is 468. The second kappa shape index (κ2) is 5.54. The quantitative estimate of drug-likeness (QED) is 0.886. The third-order valence-electron chi connectivity index (χ3n) is 2.09. The lowest BCUT2D eigenvalue weighted by atomic mass is 10.3. The molecule has 0 bridgehead atoms. The lowest BCUT2D eigenvalue weighted by Gasteiger charge is -2.06. The van der Waals surface area contributed by atoms with E-state index in [1.807, 2.05) is 31.2 Å². The van der Waals surface area contributed by atoms with E-state index in [-0.39, 0.29) is 0 Å². The Morgan fingerprint density at radius 3 is 2.35 bits per heavy atom. The van der Waals surface area contributed by atoms with Crippen LogP contribution in [0, 0.1) is 0 Å². The van der Waals surface area contributed by atoms with Crippen molar-refractivity contribution < 1.29 is 9.47 Å². The van der Waals surface area contributed by atoms with Gasteiger partial charge in [-0.2, -0.15) is 0 Å². The van der Waals surface area contributed by atoms with Crippen LogP contribution in [0.5, 0.6) is 11.5 Å². The third-order valence-corrected chi connectivity index (χ3v) is 2.89. The summed E-state index contributed by atoms with van der Waals surface area (Å²) in [6.45, 7) is 3.11. The van der Waals surface area contributed by atoms with Gasteiger partial charge in [0.25, 0.3) is 0 Å². The van der Waals surface area contributed by atoms with Gasteiger partial charge in [0.05, 0.1) is 11.5 Å². The SMILES string of the molecule is CCOc1ccc(OCc2cnc(N)s2)cc1. The molecule has 5 heteroatoms. The van der Waals surface area contributed by atoms with E-state index in [2.05, 4.69) is 4.98 Å². The summed E-state index contributed by atoms with van der Waals surface area (Å²) in [6, 6.07) is 7.55. The zero-order valence-corrected chi connectivity index (χ0v) is 10.4. The first-order chi connectivity index (χ1) is 8.28. The molecule has 2 aromatic rings. The molecule has 0 amide bonds. The Balaban J connectivity index is 1.90. The molecule has 17 heavy (non-hydrogen) atoms. The first kappa shape index (κ1) is 11.7. The van der Waals surface area contributed by atoms with Crippen LogP contribution in [-0.2, 0) is 6.61 Å². The molecule has 0 radical (unpaired) electrons. The van der Waals surface area contributed by atoms with Crippen LogP contribution in [0.3, 0.4) is 0 Å². The van der Waals surface area contributed by atoms with E-state index in [4.69, 9.17) is 15.2 Å². The number of nitrogen functional groups attached to an aromatic ring is 1. The maximum Gasteiger partial charge on any atom is 0.180 e. The number of ether oxygens (including phenoxy) is 2. The average molecular weight is 250 g/mol. The van der Waals surface area contributed by atoms with Gasteiger partial charge in [0.1, 0.15) is 18.1 Å². The highest BCUT2D eigenvalue weighted by Gasteiger charge is 2.00. The molecule has 1 aromatic heterocycles. The molecule has 0 saturated carbocycles. The Morgan fingerprint density at radius 1 is 1.18 bits per heavy atom. The summed E-state index contributed by atoms with van der Waals surface area (Å²) in [5, 5.41) is 0.565. The number of hydrogen-bond donors (Lipinski definition) is 1. The van der Waals surface area contributed by atoms with Crippen molar-refractivity contribution >= 4 is 16.5 Å². The van der Waals surface area contributed by atoms with Crippen molar-refractivity contribution in [3.05, 3.63) is 35.3 Å². The molecule has 0 saturated heterocycles. The number of rotatable bonds is 5. The van der Waals surface area contributed by atoms with E-state index in [9.17, 15) is 0 Å². The van der Waals surface area contributed by atoms with E-state index in [0.29, 0.717) is 18.3 Å². The lowest BCUT2D eigenvalue weighted by molar-refractivity contribution is 0.307. The van der Waals surface area contributed by atoms with Crippen LogP contribution in [0.1, 0.15) is 11.8 Å². The first-order valence-electron chi connectivity index (χ1n) is 5.34. The lowest BCUT2D eigenvalue weighted by Crippen LogP contribution is -1.94. The van der Waals surface area contributed by atoms with Gasteiger partial charge in [-0.15, -0.1) is 0 Å². The fourth-order valence-electron chi connectivity index (χ4n) is 1.34. The molecular formula is C12H14N2O2S. The summed E-state index contributed by atoms with van der Waals surface area (Å²) in [4.78, 5) is 4.97. The van der Waals surface area contributed by atoms with Crippen LogP contribution in [0.15, 0.2) is 30.5 Å². The molecule has 0 atom stereocenters. The van der Waals surface area contributed by atoms with E-state index in [0.717, 1.165) is 16.4 Å². The van der Waals surface area contributed by atoms with Crippen LogP contribution in [0.2, 0.25) is 0 Å². The second-order valence-corrected chi connectivity index (χ2v) is 4.50. The van der Waals surface area contributed by atoms with E-state index in [1.54, 1.807) is 6.20 Å². The highest BCUT2D eigenvalue weighted by molar-refractivity contribution is 7.15. The highest BCUT2D eigenvalue weighted by Crippen LogP contribution is 2.20. The zero-order chi connectivity index (χ0) is 12.1. The number of nitrogens with zero attached hydrogens (tertiary/aromatic N) is 1. The molecule has 1 aromatic carbocycles. The fraction of sp³-hybridized carbons (Fsp3) is 0.250. The average Bonchev–Trinajstić information content (AvgIpc) is 2.75. The minimum Gasteiger partial charge on any atom is -0.494 e. The minimum absolute atomic E-state index is 0.489. The molecule has 0 unspecified atom stereocenters. The molecule has 0 fully saturated rings. The molecular weight excluding hydrogens is 236 g/mol. The van der Waals surface area contributed by atoms with Crippen LogP contribution in [0.4, 0.5) is 5.13 Å². The van der Waals surface area contributed by atoms with E-state index in [1.165, 1.54) is 11.3 Å². The Labute approximate surface area is 104 Å². The van der Waals surface area contributed by atoms with Crippen LogP contribution in [0.25, 0.3) is 0 Å². The molecule has 0 aliphatic heterocycles. The van der Waals surface area contributed by atoms with Crippen molar-refractivity contribution in [1.82, 2.24) is 4.98 Å². The number of thiazole rings is 1. The topological polar surface area (TPSA) is 57.4 Å². The van der Waals surface area contributed by atoms with Gasteiger partial charge in [0, 0.05) is 6.20 Å². The van der Waals surface area contributed by atoms with Crippen molar-refractivity contribution in [3.63, 3.8) is 0 Å². The molecule has 1 heterocycles. The normalized spacial score (nSPS) is 10.2. The fourth-order valence-corrected chi connectivity index (χ4v) is 1.94. The maximum atomic E-state index is 5.60. The summed E-state index contributed by atoms with van der Waals surface area (Å²) in [5.41, 5.74) is 5.54. The largest absolute Gasteiger partial charge is 0.494 e. The Morgan fingerprint density at radius 2 is 1.82 bits per heavy atom. The zero-order valence-electron chi connectivity index (χ0n) is 9.55. The predicted octanol–water partition coefficient (Wildman–Crippen LogP) is 2.70. The molecule has 0 spiro atoms. The molecule has 90 valence electrons. The summed E-state index contributed by atoms with van der Waals surface area (Å²) < 4.78 is 10.9. The smallest absolute Gasteiger partial charge is 0.180 e. The highest BCUT2D eigenvalue weighted by atomic mass is 32.1. The number of benzene rings is 1. The van der Waals surface area contributed by atoms with E-state index < -0.39 is 0 Å². The van der Waals surface area contributed by atoms with Crippen LogP contribution >= 0.6 is 11.3 Å². The molecule has 0 aliphatic carbocycles. The number of nitrogens with two attached hydrogens (primary N) is 1. The summed E-state index contributed by atoms with van der Waals surface area (Å²) in [6.07, 6.45) is 1.73. The summed E-state index contributed by atoms with van der Waals surface area (Å²) >= 11 is 1.44. The van der Waals surface area contributed by atoms with Gasteiger partial charge in [-0.05, 0) is 31.2 Å². The first-order valence-corrected chi connectivity index (χ1v) is 6.15. The van der Waals surface area contributed by atoms with Gasteiger partial charge >= 0.3 is 0 Å². The van der Waals surface area contributed by atoms with Gasteiger partial charge in [-0.3, -0.25) is 0 Å². The van der Waals surface area contributed by atoms with E-state index >= 15 is 0 Å².